The number of halogens is 1. The molecule has 3 aromatic carbocycles. The first kappa shape index (κ1) is 15.4. The quantitative estimate of drug-likeness (QED) is 0.747. The molecule has 116 valence electrons. The van der Waals surface area contributed by atoms with E-state index in [9.17, 15) is 9.90 Å². The lowest BCUT2D eigenvalue weighted by Crippen LogP contribution is -2.29. The van der Waals surface area contributed by atoms with Gasteiger partial charge in [-0.05, 0) is 34.5 Å². The van der Waals surface area contributed by atoms with Crippen LogP contribution < -0.4 is 4.74 Å². The van der Waals surface area contributed by atoms with E-state index in [0.29, 0.717) is 10.8 Å². The van der Waals surface area contributed by atoms with Crippen LogP contribution in [0.2, 0.25) is 5.02 Å². The molecule has 0 amide bonds. The topological polar surface area (TPSA) is 46.5 Å². The minimum absolute atomic E-state index is 0.210. The summed E-state index contributed by atoms with van der Waals surface area (Å²) in [5.74, 6) is -0.485. The highest BCUT2D eigenvalue weighted by Gasteiger charge is 2.21. The molecule has 0 aromatic heterocycles. The maximum absolute atomic E-state index is 11.5. The second-order valence-electron chi connectivity index (χ2n) is 5.25. The molecule has 0 bridgehead atoms. The van der Waals surface area contributed by atoms with E-state index in [1.165, 1.54) is 0 Å². The monoisotopic (exact) mass is 326 g/mol. The third-order valence-corrected chi connectivity index (χ3v) is 4.01. The van der Waals surface area contributed by atoms with Gasteiger partial charge < -0.3 is 9.84 Å². The summed E-state index contributed by atoms with van der Waals surface area (Å²) in [6.45, 7) is 0. The molecule has 0 saturated heterocycles. The molecule has 0 aliphatic carbocycles. The maximum atomic E-state index is 11.5. The van der Waals surface area contributed by atoms with E-state index < -0.39 is 12.1 Å². The first-order valence-electron chi connectivity index (χ1n) is 7.25. The fourth-order valence-corrected chi connectivity index (χ4v) is 2.66. The molecule has 0 spiro atoms. The van der Waals surface area contributed by atoms with Gasteiger partial charge >= 0.3 is 5.97 Å². The van der Waals surface area contributed by atoms with Gasteiger partial charge in [-0.25, -0.2) is 4.79 Å². The second kappa shape index (κ2) is 6.71. The number of ether oxygens (including phenoxy) is 1. The van der Waals surface area contributed by atoms with Crippen molar-refractivity contribution in [2.24, 2.45) is 0 Å². The van der Waals surface area contributed by atoms with Gasteiger partial charge in [0.2, 0.25) is 0 Å². The molecule has 4 heteroatoms. The van der Waals surface area contributed by atoms with Gasteiger partial charge in [0.15, 0.2) is 6.10 Å². The molecule has 0 saturated carbocycles. The van der Waals surface area contributed by atoms with Crippen LogP contribution in [0.4, 0.5) is 0 Å². The van der Waals surface area contributed by atoms with E-state index in [1.807, 2.05) is 54.6 Å². The molecule has 0 aliphatic heterocycles. The number of hydrogen-bond acceptors (Lipinski definition) is 2. The minimum Gasteiger partial charge on any atom is -0.478 e. The van der Waals surface area contributed by atoms with Crippen molar-refractivity contribution >= 4 is 28.3 Å². The number of fused-ring (bicyclic) bond motifs is 1. The summed E-state index contributed by atoms with van der Waals surface area (Å²) < 4.78 is 5.68. The Balaban J connectivity index is 1.84. The van der Waals surface area contributed by atoms with E-state index in [-0.39, 0.29) is 6.42 Å². The van der Waals surface area contributed by atoms with Gasteiger partial charge in [-0.3, -0.25) is 0 Å². The zero-order valence-electron chi connectivity index (χ0n) is 12.3. The molecule has 0 heterocycles. The average Bonchev–Trinajstić information content (AvgIpc) is 2.56. The van der Waals surface area contributed by atoms with Crippen LogP contribution in [0.3, 0.4) is 0 Å². The molecular weight excluding hydrogens is 312 g/mol. The third-order valence-electron chi connectivity index (χ3n) is 3.64. The fourth-order valence-electron chi connectivity index (χ4n) is 2.45. The summed E-state index contributed by atoms with van der Waals surface area (Å²) in [4.78, 5) is 11.5. The predicted octanol–water partition coefficient (Wildman–Crippen LogP) is 4.57. The summed E-state index contributed by atoms with van der Waals surface area (Å²) in [5.41, 5.74) is 0.752. The Hall–Kier alpha value is -2.52. The largest absolute Gasteiger partial charge is 0.478 e. The molecule has 3 nitrogen and oxygen atoms in total. The van der Waals surface area contributed by atoms with Crippen LogP contribution in [0, 0.1) is 0 Å². The van der Waals surface area contributed by atoms with Gasteiger partial charge in [-0.2, -0.15) is 0 Å². The minimum atomic E-state index is -1.02. The highest BCUT2D eigenvalue weighted by Crippen LogP contribution is 2.23. The van der Waals surface area contributed by atoms with E-state index >= 15 is 0 Å². The lowest BCUT2D eigenvalue weighted by Gasteiger charge is -2.16. The molecule has 0 radical (unpaired) electrons. The smallest absolute Gasteiger partial charge is 0.345 e. The summed E-state index contributed by atoms with van der Waals surface area (Å²) in [5, 5.41) is 12.1. The molecule has 0 unspecified atom stereocenters. The molecule has 3 aromatic rings. The van der Waals surface area contributed by atoms with Gasteiger partial charge in [-0.15, -0.1) is 0 Å². The second-order valence-corrected chi connectivity index (χ2v) is 5.66. The lowest BCUT2D eigenvalue weighted by atomic mass is 10.1. The van der Waals surface area contributed by atoms with E-state index in [0.717, 1.165) is 16.3 Å². The highest BCUT2D eigenvalue weighted by atomic mass is 35.5. The first-order valence-corrected chi connectivity index (χ1v) is 7.63. The SMILES string of the molecule is O=C(O)[C@@H](Cc1ccccc1Cl)Oc1ccc2ccccc2c1. The van der Waals surface area contributed by atoms with Crippen LogP contribution >= 0.6 is 11.6 Å². The van der Waals surface area contributed by atoms with Crippen LogP contribution in [0.5, 0.6) is 5.75 Å². The van der Waals surface area contributed by atoms with Crippen LogP contribution in [0.25, 0.3) is 10.8 Å². The first-order chi connectivity index (χ1) is 11.1. The summed E-state index contributed by atoms with van der Waals surface area (Å²) in [6.07, 6.45) is -0.780. The normalized spacial score (nSPS) is 12.0. The molecule has 1 atom stereocenters. The van der Waals surface area contributed by atoms with Crippen LogP contribution in [0.15, 0.2) is 66.7 Å². The van der Waals surface area contributed by atoms with Crippen molar-refractivity contribution in [2.45, 2.75) is 12.5 Å². The molecule has 3 rings (SSSR count). The zero-order chi connectivity index (χ0) is 16.2. The Morgan fingerprint density at radius 2 is 1.70 bits per heavy atom. The summed E-state index contributed by atoms with van der Waals surface area (Å²) in [6, 6.07) is 20.6. The zero-order valence-corrected chi connectivity index (χ0v) is 13.0. The number of aliphatic carboxylic acids is 1. The maximum Gasteiger partial charge on any atom is 0.345 e. The Morgan fingerprint density at radius 3 is 2.43 bits per heavy atom. The lowest BCUT2D eigenvalue weighted by molar-refractivity contribution is -0.145. The van der Waals surface area contributed by atoms with Crippen LogP contribution in [-0.4, -0.2) is 17.2 Å². The van der Waals surface area contributed by atoms with E-state index in [4.69, 9.17) is 16.3 Å². The van der Waals surface area contributed by atoms with Gasteiger partial charge in [0.1, 0.15) is 5.75 Å². The summed E-state index contributed by atoms with van der Waals surface area (Å²) in [7, 11) is 0. The Kier molecular flexibility index (Phi) is 4.49. The van der Waals surface area contributed by atoms with Gasteiger partial charge in [0.05, 0.1) is 0 Å². The number of hydrogen-bond donors (Lipinski definition) is 1. The van der Waals surface area contributed by atoms with Crippen molar-refractivity contribution in [3.63, 3.8) is 0 Å². The molecular formula is C19H15ClO3. The molecule has 0 fully saturated rings. The van der Waals surface area contributed by atoms with Crippen molar-refractivity contribution < 1.29 is 14.6 Å². The van der Waals surface area contributed by atoms with E-state index in [2.05, 4.69) is 0 Å². The van der Waals surface area contributed by atoms with Crippen molar-refractivity contribution in [3.8, 4) is 5.75 Å². The predicted molar refractivity (Wildman–Crippen MR) is 91.2 cm³/mol. The standard InChI is InChI=1S/C19H15ClO3/c20-17-8-4-3-7-15(17)12-18(19(21)22)23-16-10-9-13-5-1-2-6-14(13)11-16/h1-11,18H,12H2,(H,21,22)/t18-/m1/s1. The van der Waals surface area contributed by atoms with Crippen molar-refractivity contribution in [2.75, 3.05) is 0 Å². The Labute approximate surface area is 139 Å². The average molecular weight is 327 g/mol. The number of benzene rings is 3. The van der Waals surface area contributed by atoms with Crippen LogP contribution in [0.1, 0.15) is 5.56 Å². The summed E-state index contributed by atoms with van der Waals surface area (Å²) >= 11 is 6.11. The third kappa shape index (κ3) is 3.63. The molecule has 1 N–H and O–H groups in total. The van der Waals surface area contributed by atoms with Crippen LogP contribution in [-0.2, 0) is 11.2 Å². The Bertz CT molecular complexity index is 845. The fraction of sp³-hybridized carbons (Fsp3) is 0.105. The van der Waals surface area contributed by atoms with Crippen molar-refractivity contribution in [1.82, 2.24) is 0 Å². The number of carboxylic acid groups (broad SMARTS) is 1. The number of rotatable bonds is 5. The van der Waals surface area contributed by atoms with Gasteiger partial charge in [0.25, 0.3) is 0 Å². The van der Waals surface area contributed by atoms with Crippen molar-refractivity contribution in [1.29, 1.82) is 0 Å². The Morgan fingerprint density at radius 1 is 1.00 bits per heavy atom. The number of carboxylic acids is 1. The van der Waals surface area contributed by atoms with E-state index in [1.54, 1.807) is 12.1 Å². The number of carbonyl (C=O) groups is 1. The van der Waals surface area contributed by atoms with Crippen molar-refractivity contribution in [3.05, 3.63) is 77.3 Å². The van der Waals surface area contributed by atoms with Gasteiger partial charge in [-0.1, -0.05) is 60.1 Å². The molecule has 0 aliphatic rings. The highest BCUT2D eigenvalue weighted by molar-refractivity contribution is 6.31. The van der Waals surface area contributed by atoms with Gasteiger partial charge in [0, 0.05) is 11.4 Å². The molecule has 23 heavy (non-hydrogen) atoms.